The molecule has 1 rings (SSSR count). The Hall–Kier alpha value is -0.590. The number of ketones is 1. The van der Waals surface area contributed by atoms with E-state index in [1.165, 1.54) is 0 Å². The first-order chi connectivity index (χ1) is 5.99. The van der Waals surface area contributed by atoms with Gasteiger partial charge in [0.2, 0.25) is 0 Å². The molecule has 0 heterocycles. The molecular formula is C12H20O. The van der Waals surface area contributed by atoms with E-state index < -0.39 is 0 Å². The zero-order valence-corrected chi connectivity index (χ0v) is 8.97. The van der Waals surface area contributed by atoms with Gasteiger partial charge in [-0.3, -0.25) is 4.79 Å². The molecule has 0 aliphatic heterocycles. The van der Waals surface area contributed by atoms with Crippen LogP contribution in [0.25, 0.3) is 0 Å². The Bertz CT molecular complexity index is 215. The molecule has 74 valence electrons. The fourth-order valence-corrected chi connectivity index (χ4v) is 2.46. The normalized spacial score (nSPS) is 33.0. The zero-order valence-electron chi connectivity index (χ0n) is 8.97. The molecular weight excluding hydrogens is 160 g/mol. The molecule has 0 N–H and O–H groups in total. The van der Waals surface area contributed by atoms with Crippen molar-refractivity contribution >= 4 is 5.78 Å². The summed E-state index contributed by atoms with van der Waals surface area (Å²) in [5, 5.41) is 0. The van der Waals surface area contributed by atoms with Crippen LogP contribution in [0.5, 0.6) is 0 Å². The van der Waals surface area contributed by atoms with E-state index in [1.54, 1.807) is 0 Å². The van der Waals surface area contributed by atoms with Crippen molar-refractivity contribution in [3.63, 3.8) is 0 Å². The lowest BCUT2D eigenvalue weighted by atomic mass is 9.62. The zero-order chi connectivity index (χ0) is 10.1. The molecule has 0 aromatic carbocycles. The predicted octanol–water partition coefficient (Wildman–Crippen LogP) is 3.20. The van der Waals surface area contributed by atoms with Gasteiger partial charge in [-0.1, -0.05) is 26.8 Å². The van der Waals surface area contributed by atoms with Crippen molar-refractivity contribution in [2.45, 2.75) is 40.0 Å². The van der Waals surface area contributed by atoms with Crippen molar-refractivity contribution in [2.24, 2.45) is 17.3 Å². The van der Waals surface area contributed by atoms with Gasteiger partial charge in [0.1, 0.15) is 5.78 Å². The van der Waals surface area contributed by atoms with Gasteiger partial charge in [-0.25, -0.2) is 0 Å². The third-order valence-electron chi connectivity index (χ3n) is 3.55. The standard InChI is InChI=1S/C12H20O/c1-5-6-10-9(2)11(13)7-8-12(10,3)4/h5,9-10H,1,6-8H2,2-4H3/t9-,10+/m0/s1. The Morgan fingerprint density at radius 3 is 2.77 bits per heavy atom. The molecule has 1 heteroatoms. The summed E-state index contributed by atoms with van der Waals surface area (Å²) in [4.78, 5) is 11.5. The highest BCUT2D eigenvalue weighted by molar-refractivity contribution is 5.82. The Balaban J connectivity index is 2.81. The van der Waals surface area contributed by atoms with Crippen molar-refractivity contribution in [3.8, 4) is 0 Å². The molecule has 0 bridgehead atoms. The maximum atomic E-state index is 11.5. The number of Topliss-reactive ketones (excluding diaryl/α,β-unsaturated/α-hetero) is 1. The fourth-order valence-electron chi connectivity index (χ4n) is 2.46. The Morgan fingerprint density at radius 2 is 2.23 bits per heavy atom. The van der Waals surface area contributed by atoms with Crippen LogP contribution in [0.3, 0.4) is 0 Å². The monoisotopic (exact) mass is 180 g/mol. The second-order valence-electron chi connectivity index (χ2n) is 4.87. The van der Waals surface area contributed by atoms with Crippen LogP contribution in [0.2, 0.25) is 0 Å². The molecule has 1 aliphatic carbocycles. The summed E-state index contributed by atoms with van der Waals surface area (Å²) in [5.74, 6) is 1.15. The third-order valence-corrected chi connectivity index (χ3v) is 3.55. The minimum absolute atomic E-state index is 0.224. The van der Waals surface area contributed by atoms with Gasteiger partial charge in [0.25, 0.3) is 0 Å². The van der Waals surface area contributed by atoms with E-state index in [-0.39, 0.29) is 5.92 Å². The van der Waals surface area contributed by atoms with E-state index in [9.17, 15) is 4.79 Å². The number of allylic oxidation sites excluding steroid dienone is 1. The van der Waals surface area contributed by atoms with Crippen LogP contribution >= 0.6 is 0 Å². The van der Waals surface area contributed by atoms with E-state index in [2.05, 4.69) is 27.4 Å². The van der Waals surface area contributed by atoms with Gasteiger partial charge in [-0.05, 0) is 24.2 Å². The van der Waals surface area contributed by atoms with E-state index in [1.807, 2.05) is 6.08 Å². The van der Waals surface area contributed by atoms with Gasteiger partial charge in [0.15, 0.2) is 0 Å². The van der Waals surface area contributed by atoms with E-state index in [0.717, 1.165) is 19.3 Å². The van der Waals surface area contributed by atoms with Crippen molar-refractivity contribution < 1.29 is 4.79 Å². The van der Waals surface area contributed by atoms with E-state index in [0.29, 0.717) is 17.1 Å². The van der Waals surface area contributed by atoms with Gasteiger partial charge in [0, 0.05) is 12.3 Å². The Labute approximate surface area is 81.2 Å². The minimum Gasteiger partial charge on any atom is -0.299 e. The van der Waals surface area contributed by atoms with Gasteiger partial charge < -0.3 is 0 Å². The summed E-state index contributed by atoms with van der Waals surface area (Å²) in [6.45, 7) is 10.4. The van der Waals surface area contributed by atoms with E-state index in [4.69, 9.17) is 0 Å². The number of carbonyl (C=O) groups excluding carboxylic acids is 1. The summed E-state index contributed by atoms with van der Waals surface area (Å²) < 4.78 is 0. The predicted molar refractivity (Wildman–Crippen MR) is 55.5 cm³/mol. The van der Waals surface area contributed by atoms with Crippen LogP contribution in [0, 0.1) is 17.3 Å². The number of carbonyl (C=O) groups is 1. The highest BCUT2D eigenvalue weighted by atomic mass is 16.1. The van der Waals surface area contributed by atoms with Crippen molar-refractivity contribution in [2.75, 3.05) is 0 Å². The molecule has 1 saturated carbocycles. The summed E-state index contributed by atoms with van der Waals surface area (Å²) in [6, 6.07) is 0. The van der Waals surface area contributed by atoms with Crippen LogP contribution in [0.4, 0.5) is 0 Å². The maximum Gasteiger partial charge on any atom is 0.136 e. The lowest BCUT2D eigenvalue weighted by Crippen LogP contribution is -2.38. The summed E-state index contributed by atoms with van der Waals surface area (Å²) in [7, 11) is 0. The summed E-state index contributed by atoms with van der Waals surface area (Å²) in [5.41, 5.74) is 0.307. The Kier molecular flexibility index (Phi) is 2.94. The third kappa shape index (κ3) is 2.01. The molecule has 2 atom stereocenters. The first-order valence-electron chi connectivity index (χ1n) is 5.12. The van der Waals surface area contributed by atoms with Gasteiger partial charge in [-0.2, -0.15) is 0 Å². The minimum atomic E-state index is 0.224. The largest absolute Gasteiger partial charge is 0.299 e. The lowest BCUT2D eigenvalue weighted by molar-refractivity contribution is -0.130. The molecule has 0 aromatic rings. The first-order valence-corrected chi connectivity index (χ1v) is 5.12. The van der Waals surface area contributed by atoms with Gasteiger partial charge in [0.05, 0.1) is 0 Å². The number of rotatable bonds is 2. The molecule has 1 aliphatic rings. The molecule has 0 spiro atoms. The summed E-state index contributed by atoms with van der Waals surface area (Å²) >= 11 is 0. The highest BCUT2D eigenvalue weighted by Gasteiger charge is 2.39. The van der Waals surface area contributed by atoms with Crippen molar-refractivity contribution in [1.82, 2.24) is 0 Å². The summed E-state index contributed by atoms with van der Waals surface area (Å²) in [6.07, 6.45) is 4.72. The van der Waals surface area contributed by atoms with Gasteiger partial charge >= 0.3 is 0 Å². The van der Waals surface area contributed by atoms with Crippen LogP contribution < -0.4 is 0 Å². The molecule has 0 aromatic heterocycles. The van der Waals surface area contributed by atoms with Crippen molar-refractivity contribution in [3.05, 3.63) is 12.7 Å². The van der Waals surface area contributed by atoms with Crippen LogP contribution in [-0.2, 0) is 4.79 Å². The Morgan fingerprint density at radius 1 is 1.62 bits per heavy atom. The van der Waals surface area contributed by atoms with Crippen LogP contribution in [0.1, 0.15) is 40.0 Å². The van der Waals surface area contributed by atoms with Crippen LogP contribution in [-0.4, -0.2) is 5.78 Å². The molecule has 1 nitrogen and oxygen atoms in total. The second kappa shape index (κ2) is 3.65. The van der Waals surface area contributed by atoms with E-state index >= 15 is 0 Å². The maximum absolute atomic E-state index is 11.5. The smallest absolute Gasteiger partial charge is 0.136 e. The lowest BCUT2D eigenvalue weighted by Gasteiger charge is -2.41. The second-order valence-corrected chi connectivity index (χ2v) is 4.87. The average Bonchev–Trinajstić information content (AvgIpc) is 2.07. The topological polar surface area (TPSA) is 17.1 Å². The molecule has 0 amide bonds. The molecule has 13 heavy (non-hydrogen) atoms. The quantitative estimate of drug-likeness (QED) is 0.596. The molecule has 1 fully saturated rings. The number of hydrogen-bond donors (Lipinski definition) is 0. The average molecular weight is 180 g/mol. The fraction of sp³-hybridized carbons (Fsp3) is 0.750. The molecule has 0 radical (unpaired) electrons. The van der Waals surface area contributed by atoms with Crippen molar-refractivity contribution in [1.29, 1.82) is 0 Å². The first kappa shape index (κ1) is 10.5. The van der Waals surface area contributed by atoms with Gasteiger partial charge in [-0.15, -0.1) is 6.58 Å². The molecule has 0 unspecified atom stereocenters. The van der Waals surface area contributed by atoms with Crippen LogP contribution in [0.15, 0.2) is 12.7 Å². The molecule has 0 saturated heterocycles. The number of hydrogen-bond acceptors (Lipinski definition) is 1. The highest BCUT2D eigenvalue weighted by Crippen LogP contribution is 2.44. The SMILES string of the molecule is C=CC[C@@H]1[C@H](C)C(=O)CCC1(C)C.